The maximum absolute atomic E-state index is 13.4. The molecule has 0 amide bonds. The smallest absolute Gasteiger partial charge is 0.156 e. The van der Waals surface area contributed by atoms with Crippen LogP contribution in [0.3, 0.4) is 0 Å². The van der Waals surface area contributed by atoms with Crippen molar-refractivity contribution < 1.29 is 14.7 Å². The zero-order valence-corrected chi connectivity index (χ0v) is 23.9. The second-order valence-electron chi connectivity index (χ2n) is 13.1. The van der Waals surface area contributed by atoms with E-state index in [4.69, 9.17) is 0 Å². The number of aliphatic hydroxyl groups excluding tert-OH is 1. The Bertz CT molecular complexity index is 1290. The molecule has 1 N–H and O–H groups in total. The standard InChI is InChI=1S/C35H43NO3/c1-23-20-30-32-14-16-35(24(2)38,15-7-19-37)34(32,3)22-31(33(30)28-13-12-27(39)21-29(23)28)25-8-10-26(11-9-25)36-17-5-4-6-18-36/h8-11,21,23,30-32,37H,4-6,12-14,16-20,22H2,1-3H3/t23?,30-,31+,32-,34-,35+/m0/s1. The molecule has 6 rings (SSSR count). The molecule has 206 valence electrons. The number of Topliss-reactive ketones (excluding diaryl/α,β-unsaturated/α-hetero) is 1. The van der Waals surface area contributed by atoms with E-state index in [1.54, 1.807) is 12.5 Å². The van der Waals surface area contributed by atoms with Crippen molar-refractivity contribution in [2.75, 3.05) is 24.6 Å². The lowest BCUT2D eigenvalue weighted by Crippen LogP contribution is -2.50. The van der Waals surface area contributed by atoms with E-state index < -0.39 is 5.41 Å². The lowest BCUT2D eigenvalue weighted by Gasteiger charge is -2.55. The first-order chi connectivity index (χ1) is 18.8. The number of hydrogen-bond acceptors (Lipinski definition) is 4. The second-order valence-corrected chi connectivity index (χ2v) is 13.1. The highest BCUT2D eigenvalue weighted by molar-refractivity contribution is 5.93. The van der Waals surface area contributed by atoms with Crippen LogP contribution in [0, 0.1) is 40.4 Å². The monoisotopic (exact) mass is 525 g/mol. The van der Waals surface area contributed by atoms with Gasteiger partial charge in [-0.25, -0.2) is 0 Å². The molecule has 6 atom stereocenters. The maximum atomic E-state index is 13.4. The topological polar surface area (TPSA) is 57.6 Å². The Morgan fingerprint density at radius 3 is 2.56 bits per heavy atom. The Kier molecular flexibility index (Phi) is 6.87. The molecule has 0 spiro atoms. The van der Waals surface area contributed by atoms with Crippen molar-refractivity contribution in [1.82, 2.24) is 0 Å². The highest BCUT2D eigenvalue weighted by Crippen LogP contribution is 2.70. The molecule has 1 aromatic carbocycles. The summed E-state index contributed by atoms with van der Waals surface area (Å²) >= 11 is 0. The Balaban J connectivity index is 1.49. The number of anilines is 1. The highest BCUT2D eigenvalue weighted by atomic mass is 16.2. The number of aliphatic hydroxyl groups is 1. The van der Waals surface area contributed by atoms with Crippen LogP contribution < -0.4 is 4.90 Å². The molecule has 1 unspecified atom stereocenters. The van der Waals surface area contributed by atoms with E-state index in [1.807, 2.05) is 6.08 Å². The lowest BCUT2D eigenvalue weighted by atomic mass is 9.47. The quantitative estimate of drug-likeness (QED) is 0.465. The van der Waals surface area contributed by atoms with Gasteiger partial charge in [0.05, 0.1) is 5.41 Å². The number of fused-ring (bicyclic) bond motifs is 4. The third kappa shape index (κ3) is 4.15. The fourth-order valence-electron chi connectivity index (χ4n) is 9.41. The average molecular weight is 526 g/mol. The van der Waals surface area contributed by atoms with E-state index >= 15 is 0 Å². The van der Waals surface area contributed by atoms with Crippen molar-refractivity contribution in [2.45, 2.75) is 84.5 Å². The summed E-state index contributed by atoms with van der Waals surface area (Å²) in [7, 11) is 0. The summed E-state index contributed by atoms with van der Waals surface area (Å²) in [5.74, 6) is 8.00. The zero-order chi connectivity index (χ0) is 27.4. The summed E-state index contributed by atoms with van der Waals surface area (Å²) in [6.07, 6.45) is 10.9. The first kappa shape index (κ1) is 26.6. The van der Waals surface area contributed by atoms with Crippen LogP contribution in [-0.2, 0) is 9.59 Å². The molecule has 1 aromatic rings. The van der Waals surface area contributed by atoms with Gasteiger partial charge >= 0.3 is 0 Å². The van der Waals surface area contributed by atoms with E-state index in [2.05, 4.69) is 54.9 Å². The van der Waals surface area contributed by atoms with Crippen molar-refractivity contribution in [3.05, 3.63) is 52.6 Å². The molecule has 1 aliphatic heterocycles. The van der Waals surface area contributed by atoms with Crippen molar-refractivity contribution in [3.8, 4) is 11.8 Å². The van der Waals surface area contributed by atoms with Gasteiger partial charge in [-0.1, -0.05) is 43.4 Å². The number of hydrogen-bond donors (Lipinski definition) is 1. The van der Waals surface area contributed by atoms with Crippen LogP contribution in [0.15, 0.2) is 47.1 Å². The maximum Gasteiger partial charge on any atom is 0.156 e. The van der Waals surface area contributed by atoms with Crippen LogP contribution in [0.2, 0.25) is 0 Å². The first-order valence-electron chi connectivity index (χ1n) is 15.2. The minimum atomic E-state index is -0.718. The predicted molar refractivity (Wildman–Crippen MR) is 155 cm³/mol. The molecular formula is C35H43NO3. The van der Waals surface area contributed by atoms with Crippen molar-refractivity contribution >= 4 is 17.3 Å². The van der Waals surface area contributed by atoms with Gasteiger partial charge in [-0.2, -0.15) is 0 Å². The van der Waals surface area contributed by atoms with E-state index in [-0.39, 0.29) is 29.5 Å². The van der Waals surface area contributed by atoms with Gasteiger partial charge in [0.25, 0.3) is 0 Å². The summed E-state index contributed by atoms with van der Waals surface area (Å²) in [6.45, 7) is 8.38. The summed E-state index contributed by atoms with van der Waals surface area (Å²) in [5, 5.41) is 9.61. The fourth-order valence-corrected chi connectivity index (χ4v) is 9.41. The van der Waals surface area contributed by atoms with Crippen LogP contribution in [0.4, 0.5) is 5.69 Å². The molecule has 4 aliphatic carbocycles. The van der Waals surface area contributed by atoms with Gasteiger partial charge in [0.15, 0.2) is 5.78 Å². The molecule has 2 saturated carbocycles. The minimum Gasteiger partial charge on any atom is -0.384 e. The van der Waals surface area contributed by atoms with Crippen molar-refractivity contribution in [2.24, 2.45) is 28.6 Å². The summed E-state index contributed by atoms with van der Waals surface area (Å²) < 4.78 is 0. The normalized spacial score (nSPS) is 35.8. The Morgan fingerprint density at radius 1 is 1.13 bits per heavy atom. The van der Waals surface area contributed by atoms with Gasteiger partial charge in [-0.15, -0.1) is 0 Å². The number of benzene rings is 1. The number of ketones is 2. The van der Waals surface area contributed by atoms with Crippen LogP contribution in [0.1, 0.15) is 90.0 Å². The van der Waals surface area contributed by atoms with Gasteiger partial charge in [0.2, 0.25) is 0 Å². The van der Waals surface area contributed by atoms with Gasteiger partial charge in [0.1, 0.15) is 12.4 Å². The van der Waals surface area contributed by atoms with Crippen LogP contribution in [-0.4, -0.2) is 36.4 Å². The zero-order valence-electron chi connectivity index (χ0n) is 23.9. The SMILES string of the molecule is CC(=O)[C@@]1(C#CCO)CC[C@H]2[C@@H]3CC(C)C4=CC(=O)CCC4=C3[C@@H](c3ccc(N4CCCCC4)cc3)C[C@@]21C. The fraction of sp³-hybridized carbons (Fsp3) is 0.600. The number of carbonyl (C=O) groups excluding carboxylic acids is 2. The summed E-state index contributed by atoms with van der Waals surface area (Å²) in [4.78, 5) is 28.4. The molecule has 0 aromatic heterocycles. The minimum absolute atomic E-state index is 0.149. The Morgan fingerprint density at radius 2 is 1.87 bits per heavy atom. The number of carbonyl (C=O) groups is 2. The molecule has 5 aliphatic rings. The number of piperidine rings is 1. The molecule has 0 bridgehead atoms. The van der Waals surface area contributed by atoms with E-state index in [9.17, 15) is 14.7 Å². The molecular weight excluding hydrogens is 482 g/mol. The number of rotatable bonds is 3. The first-order valence-corrected chi connectivity index (χ1v) is 15.2. The van der Waals surface area contributed by atoms with Gasteiger partial charge in [-0.3, -0.25) is 9.59 Å². The van der Waals surface area contributed by atoms with Gasteiger partial charge < -0.3 is 10.0 Å². The molecule has 3 fully saturated rings. The Hall–Kier alpha value is -2.64. The largest absolute Gasteiger partial charge is 0.384 e. The van der Waals surface area contributed by atoms with Gasteiger partial charge in [-0.05, 0) is 116 Å². The Labute approximate surface area is 233 Å². The van der Waals surface area contributed by atoms with Gasteiger partial charge in [0, 0.05) is 31.1 Å². The molecule has 4 heteroatoms. The number of allylic oxidation sites excluding steroid dienone is 4. The molecule has 39 heavy (non-hydrogen) atoms. The summed E-state index contributed by atoms with van der Waals surface area (Å²) in [6, 6.07) is 9.28. The van der Waals surface area contributed by atoms with Crippen LogP contribution in [0.5, 0.6) is 0 Å². The van der Waals surface area contributed by atoms with Crippen LogP contribution in [0.25, 0.3) is 0 Å². The molecule has 4 nitrogen and oxygen atoms in total. The number of nitrogens with zero attached hydrogens (tertiary/aromatic N) is 1. The molecule has 1 heterocycles. The predicted octanol–water partition coefficient (Wildman–Crippen LogP) is 6.39. The average Bonchev–Trinajstić information content (AvgIpc) is 3.25. The second kappa shape index (κ2) is 10.1. The van der Waals surface area contributed by atoms with Crippen molar-refractivity contribution in [1.29, 1.82) is 0 Å². The molecule has 0 radical (unpaired) electrons. The van der Waals surface area contributed by atoms with Crippen LogP contribution >= 0.6 is 0 Å². The van der Waals surface area contributed by atoms with Crippen molar-refractivity contribution in [3.63, 3.8) is 0 Å². The van der Waals surface area contributed by atoms with E-state index in [0.717, 1.165) is 45.2 Å². The van der Waals surface area contributed by atoms with E-state index in [1.165, 1.54) is 41.7 Å². The third-order valence-electron chi connectivity index (χ3n) is 11.3. The highest BCUT2D eigenvalue weighted by Gasteiger charge is 2.65. The molecule has 1 saturated heterocycles. The van der Waals surface area contributed by atoms with E-state index in [0.29, 0.717) is 24.2 Å². The lowest BCUT2D eigenvalue weighted by molar-refractivity contribution is -0.130. The summed E-state index contributed by atoms with van der Waals surface area (Å²) in [5.41, 5.74) is 5.91. The third-order valence-corrected chi connectivity index (χ3v) is 11.3.